The van der Waals surface area contributed by atoms with Crippen molar-refractivity contribution in [2.24, 2.45) is 0 Å². The third-order valence-electron chi connectivity index (χ3n) is 3.14. The molecule has 3 nitrogen and oxygen atoms in total. The second-order valence-electron chi connectivity index (χ2n) is 4.79. The first-order valence-electron chi connectivity index (χ1n) is 6.36. The van der Waals surface area contributed by atoms with E-state index in [0.29, 0.717) is 17.9 Å². The molecule has 1 atom stereocenters. The number of hydrogen-bond donors (Lipinski definition) is 0. The van der Waals surface area contributed by atoms with Crippen LogP contribution in [0.25, 0.3) is 11.0 Å². The topological polar surface area (TPSA) is 30.7 Å². The van der Waals surface area contributed by atoms with E-state index in [0.717, 1.165) is 15.4 Å². The highest BCUT2D eigenvalue weighted by molar-refractivity contribution is 7.11. The smallest absolute Gasteiger partial charge is 0.144 e. The van der Waals surface area contributed by atoms with Gasteiger partial charge in [0.1, 0.15) is 16.6 Å². The van der Waals surface area contributed by atoms with Crippen LogP contribution in [-0.4, -0.2) is 14.5 Å². The molecule has 0 spiro atoms. The minimum Gasteiger partial charge on any atom is -0.320 e. The second-order valence-corrected chi connectivity index (χ2v) is 7.17. The number of fused-ring (bicyclic) bond motifs is 1. The molecule has 0 radical (unpaired) electrons. The summed E-state index contributed by atoms with van der Waals surface area (Å²) in [7, 11) is 0. The summed E-state index contributed by atoms with van der Waals surface area (Å²) in [6.45, 7) is 4.39. The van der Waals surface area contributed by atoms with Crippen molar-refractivity contribution in [3.63, 3.8) is 0 Å². The first-order chi connectivity index (χ1) is 9.95. The van der Waals surface area contributed by atoms with Crippen molar-refractivity contribution in [3.05, 3.63) is 44.9 Å². The van der Waals surface area contributed by atoms with Crippen molar-refractivity contribution in [2.75, 3.05) is 0 Å². The standard InChI is InChI=1S/C14H12Cl2FN3S/c1-7-5-18-13(21-7)6-20-12-3-9(16)10(17)4-11(12)19-14(20)8(2)15/h3-5,8H,6H2,1-2H3. The molecule has 0 saturated carbocycles. The zero-order chi connectivity index (χ0) is 15.1. The highest BCUT2D eigenvalue weighted by atomic mass is 35.5. The van der Waals surface area contributed by atoms with Gasteiger partial charge in [-0.1, -0.05) is 11.6 Å². The molecule has 0 amide bonds. The van der Waals surface area contributed by atoms with E-state index in [9.17, 15) is 4.39 Å². The van der Waals surface area contributed by atoms with Crippen molar-refractivity contribution < 1.29 is 4.39 Å². The number of rotatable bonds is 3. The lowest BCUT2D eigenvalue weighted by Gasteiger charge is -2.08. The van der Waals surface area contributed by atoms with Crippen LogP contribution in [0.1, 0.15) is 28.0 Å². The van der Waals surface area contributed by atoms with E-state index in [1.54, 1.807) is 17.4 Å². The summed E-state index contributed by atoms with van der Waals surface area (Å²) in [6, 6.07) is 2.92. The number of aromatic nitrogens is 3. The average Bonchev–Trinajstić information content (AvgIpc) is 2.96. The van der Waals surface area contributed by atoms with Gasteiger partial charge in [-0.3, -0.25) is 0 Å². The minimum atomic E-state index is -0.479. The number of nitrogens with zero attached hydrogens (tertiary/aromatic N) is 3. The van der Waals surface area contributed by atoms with E-state index < -0.39 is 5.82 Å². The maximum atomic E-state index is 13.6. The Morgan fingerprint density at radius 1 is 1.43 bits per heavy atom. The third-order valence-corrected chi connectivity index (χ3v) is 4.52. The molecule has 0 bridgehead atoms. The molecule has 21 heavy (non-hydrogen) atoms. The van der Waals surface area contributed by atoms with E-state index in [-0.39, 0.29) is 10.4 Å². The monoisotopic (exact) mass is 343 g/mol. The summed E-state index contributed by atoms with van der Waals surface area (Å²) >= 11 is 13.7. The van der Waals surface area contributed by atoms with Crippen LogP contribution in [0.4, 0.5) is 4.39 Å². The lowest BCUT2D eigenvalue weighted by molar-refractivity contribution is 0.629. The van der Waals surface area contributed by atoms with Gasteiger partial charge in [-0.25, -0.2) is 14.4 Å². The van der Waals surface area contributed by atoms with Gasteiger partial charge in [-0.05, 0) is 19.9 Å². The molecule has 0 aliphatic carbocycles. The van der Waals surface area contributed by atoms with Crippen LogP contribution in [0.3, 0.4) is 0 Å². The quantitative estimate of drug-likeness (QED) is 0.630. The predicted octanol–water partition coefficient (Wildman–Crippen LogP) is 4.94. The number of hydrogen-bond acceptors (Lipinski definition) is 3. The summed E-state index contributed by atoms with van der Waals surface area (Å²) in [4.78, 5) is 9.92. The van der Waals surface area contributed by atoms with Gasteiger partial charge in [-0.2, -0.15) is 0 Å². The Kier molecular flexibility index (Phi) is 3.90. The second kappa shape index (κ2) is 5.55. The van der Waals surface area contributed by atoms with Gasteiger partial charge in [0.25, 0.3) is 0 Å². The van der Waals surface area contributed by atoms with Crippen molar-refractivity contribution in [2.45, 2.75) is 25.8 Å². The average molecular weight is 344 g/mol. The van der Waals surface area contributed by atoms with Crippen molar-refractivity contribution in [1.29, 1.82) is 0 Å². The molecular weight excluding hydrogens is 332 g/mol. The van der Waals surface area contributed by atoms with Crippen LogP contribution in [0.5, 0.6) is 0 Å². The van der Waals surface area contributed by atoms with E-state index in [1.807, 2.05) is 24.6 Å². The fraction of sp³-hybridized carbons (Fsp3) is 0.286. The molecule has 2 heterocycles. The highest BCUT2D eigenvalue weighted by Crippen LogP contribution is 2.29. The van der Waals surface area contributed by atoms with Gasteiger partial charge in [-0.15, -0.1) is 22.9 Å². The maximum absolute atomic E-state index is 13.6. The predicted molar refractivity (Wildman–Crippen MR) is 84.9 cm³/mol. The molecule has 7 heteroatoms. The molecule has 0 fully saturated rings. The summed E-state index contributed by atoms with van der Waals surface area (Å²) < 4.78 is 15.5. The molecular formula is C14H12Cl2FN3S. The van der Waals surface area contributed by atoms with Crippen LogP contribution in [0, 0.1) is 12.7 Å². The van der Waals surface area contributed by atoms with Crippen molar-refractivity contribution in [3.8, 4) is 0 Å². The van der Waals surface area contributed by atoms with Crippen LogP contribution in [0.15, 0.2) is 18.3 Å². The van der Waals surface area contributed by atoms with Gasteiger partial charge < -0.3 is 4.57 Å². The molecule has 1 unspecified atom stereocenters. The number of aryl methyl sites for hydroxylation is 1. The van der Waals surface area contributed by atoms with E-state index in [1.165, 1.54) is 6.07 Å². The van der Waals surface area contributed by atoms with E-state index >= 15 is 0 Å². The highest BCUT2D eigenvalue weighted by Gasteiger charge is 2.18. The number of halogens is 3. The molecule has 3 rings (SSSR count). The zero-order valence-electron chi connectivity index (χ0n) is 11.4. The maximum Gasteiger partial charge on any atom is 0.144 e. The first-order valence-corrected chi connectivity index (χ1v) is 7.99. The van der Waals surface area contributed by atoms with Crippen LogP contribution in [0.2, 0.25) is 5.02 Å². The number of alkyl halides is 1. The van der Waals surface area contributed by atoms with Gasteiger partial charge in [0.2, 0.25) is 0 Å². The van der Waals surface area contributed by atoms with Crippen molar-refractivity contribution >= 4 is 45.6 Å². The Labute approximate surface area is 135 Å². The molecule has 0 N–H and O–H groups in total. The fourth-order valence-corrected chi connectivity index (χ4v) is 3.32. The molecule has 0 saturated heterocycles. The molecule has 1 aromatic carbocycles. The number of imidazole rings is 1. The first kappa shape index (κ1) is 14.8. The summed E-state index contributed by atoms with van der Waals surface area (Å²) in [6.07, 6.45) is 1.83. The van der Waals surface area contributed by atoms with Gasteiger partial charge >= 0.3 is 0 Å². The lowest BCUT2D eigenvalue weighted by Crippen LogP contribution is -2.05. The zero-order valence-corrected chi connectivity index (χ0v) is 13.7. The van der Waals surface area contributed by atoms with Gasteiger partial charge in [0, 0.05) is 17.1 Å². The lowest BCUT2D eigenvalue weighted by atomic mass is 10.3. The Morgan fingerprint density at radius 2 is 2.19 bits per heavy atom. The normalized spacial score (nSPS) is 13.0. The van der Waals surface area contributed by atoms with Crippen LogP contribution in [-0.2, 0) is 6.54 Å². The largest absolute Gasteiger partial charge is 0.320 e. The summed E-state index contributed by atoms with van der Waals surface area (Å²) in [5, 5.41) is 0.735. The van der Waals surface area contributed by atoms with E-state index in [2.05, 4.69) is 9.97 Å². The summed E-state index contributed by atoms with van der Waals surface area (Å²) in [5.41, 5.74) is 1.31. The Hall–Kier alpha value is -1.17. The third kappa shape index (κ3) is 2.78. The molecule has 110 valence electrons. The summed E-state index contributed by atoms with van der Waals surface area (Å²) in [5.74, 6) is 0.203. The Morgan fingerprint density at radius 3 is 2.81 bits per heavy atom. The van der Waals surface area contributed by atoms with Gasteiger partial charge in [0.15, 0.2) is 0 Å². The SMILES string of the molecule is Cc1cnc(Cn2c(C(C)Cl)nc3cc(F)c(Cl)cc32)s1. The molecule has 2 aromatic heterocycles. The molecule has 0 aliphatic heterocycles. The van der Waals surface area contributed by atoms with Crippen LogP contribution >= 0.6 is 34.5 Å². The van der Waals surface area contributed by atoms with Crippen molar-refractivity contribution in [1.82, 2.24) is 14.5 Å². The minimum absolute atomic E-state index is 0.0766. The Balaban J connectivity index is 2.17. The Bertz CT molecular complexity index is 810. The number of benzene rings is 1. The molecule has 0 aliphatic rings. The fourth-order valence-electron chi connectivity index (χ4n) is 2.22. The van der Waals surface area contributed by atoms with Gasteiger partial charge in [0.05, 0.1) is 28.0 Å². The van der Waals surface area contributed by atoms with E-state index in [4.69, 9.17) is 23.2 Å². The van der Waals surface area contributed by atoms with Crippen LogP contribution < -0.4 is 0 Å². The number of thiazole rings is 1. The molecule has 3 aromatic rings.